The summed E-state index contributed by atoms with van der Waals surface area (Å²) in [5.41, 5.74) is 2.98. The second-order valence-corrected chi connectivity index (χ2v) is 8.60. The van der Waals surface area contributed by atoms with E-state index in [1.807, 2.05) is 6.92 Å². The molecule has 168 valence electrons. The lowest BCUT2D eigenvalue weighted by Crippen LogP contribution is -2.38. The van der Waals surface area contributed by atoms with E-state index in [9.17, 15) is 9.59 Å². The molecule has 0 spiro atoms. The van der Waals surface area contributed by atoms with Crippen LogP contribution in [0.2, 0.25) is 0 Å². The highest BCUT2D eigenvalue weighted by Crippen LogP contribution is 2.50. The number of methoxy groups -OCH3 is 3. The summed E-state index contributed by atoms with van der Waals surface area (Å²) in [5.74, 6) is 0.412. The summed E-state index contributed by atoms with van der Waals surface area (Å²) in [5, 5.41) is 3.32. The Bertz CT molecular complexity index is 973. The lowest BCUT2D eigenvalue weighted by molar-refractivity contribution is -0.138. The number of carbonyl (C=O) groups excluding carboxylic acids is 2. The molecule has 2 aliphatic rings. The van der Waals surface area contributed by atoms with E-state index in [4.69, 9.17) is 18.9 Å². The van der Waals surface area contributed by atoms with Gasteiger partial charge in [-0.3, -0.25) is 4.79 Å². The van der Waals surface area contributed by atoms with Crippen molar-refractivity contribution in [2.45, 2.75) is 46.5 Å². The quantitative estimate of drug-likeness (QED) is 0.687. The van der Waals surface area contributed by atoms with Gasteiger partial charge in [0, 0.05) is 35.0 Å². The van der Waals surface area contributed by atoms with Crippen molar-refractivity contribution < 1.29 is 28.5 Å². The van der Waals surface area contributed by atoms with Crippen molar-refractivity contribution >= 4 is 11.8 Å². The molecule has 0 unspecified atom stereocenters. The van der Waals surface area contributed by atoms with Gasteiger partial charge in [0.25, 0.3) is 0 Å². The van der Waals surface area contributed by atoms with Gasteiger partial charge in [-0.2, -0.15) is 0 Å². The molecule has 3 rings (SSSR count). The van der Waals surface area contributed by atoms with Gasteiger partial charge < -0.3 is 24.3 Å². The second-order valence-electron chi connectivity index (χ2n) is 8.60. The fraction of sp³-hybridized carbons (Fsp3) is 0.500. The number of carbonyl (C=O) groups is 2. The Morgan fingerprint density at radius 1 is 1.06 bits per heavy atom. The molecule has 1 atom stereocenters. The van der Waals surface area contributed by atoms with Gasteiger partial charge in [0.2, 0.25) is 0 Å². The molecule has 0 radical (unpaired) electrons. The van der Waals surface area contributed by atoms with E-state index in [1.165, 1.54) is 0 Å². The topological polar surface area (TPSA) is 83.1 Å². The number of hydrogen-bond acceptors (Lipinski definition) is 7. The molecule has 31 heavy (non-hydrogen) atoms. The van der Waals surface area contributed by atoms with Gasteiger partial charge in [-0.1, -0.05) is 13.8 Å². The molecular formula is C24H31NO6. The zero-order valence-electron chi connectivity index (χ0n) is 19.3. The largest absolute Gasteiger partial charge is 0.496 e. The zero-order chi connectivity index (χ0) is 22.9. The minimum absolute atomic E-state index is 0.00915. The lowest BCUT2D eigenvalue weighted by Gasteiger charge is -2.39. The van der Waals surface area contributed by atoms with Crippen molar-refractivity contribution in [2.24, 2.45) is 5.41 Å². The molecule has 1 aliphatic heterocycles. The number of benzene rings is 1. The number of hydrogen-bond donors (Lipinski definition) is 1. The van der Waals surface area contributed by atoms with Crippen LogP contribution in [0.3, 0.4) is 0 Å². The summed E-state index contributed by atoms with van der Waals surface area (Å²) in [6, 6.07) is 3.49. The minimum atomic E-state index is -0.631. The molecule has 7 heteroatoms. The molecular weight excluding hydrogens is 398 g/mol. The molecule has 1 aliphatic carbocycles. The highest BCUT2D eigenvalue weighted by molar-refractivity contribution is 6.04. The normalized spacial score (nSPS) is 20.1. The van der Waals surface area contributed by atoms with Crippen LogP contribution in [0.1, 0.15) is 52.0 Å². The predicted octanol–water partition coefficient (Wildman–Crippen LogP) is 3.88. The van der Waals surface area contributed by atoms with Crippen LogP contribution in [-0.4, -0.2) is 39.7 Å². The Morgan fingerprint density at radius 3 is 2.26 bits per heavy atom. The van der Waals surface area contributed by atoms with Crippen molar-refractivity contribution in [3.05, 3.63) is 40.2 Å². The average molecular weight is 430 g/mol. The van der Waals surface area contributed by atoms with E-state index < -0.39 is 11.9 Å². The van der Waals surface area contributed by atoms with Crippen molar-refractivity contribution in [1.82, 2.24) is 5.32 Å². The van der Waals surface area contributed by atoms with Crippen LogP contribution in [0, 0.1) is 5.41 Å². The molecule has 0 amide bonds. The maximum absolute atomic E-state index is 13.4. The number of dihydropyridines is 1. The maximum Gasteiger partial charge on any atom is 0.336 e. The Kier molecular flexibility index (Phi) is 6.34. The summed E-state index contributed by atoms with van der Waals surface area (Å²) in [6.07, 6.45) is 1.10. The third-order valence-corrected chi connectivity index (χ3v) is 5.78. The Morgan fingerprint density at radius 2 is 1.68 bits per heavy atom. The van der Waals surface area contributed by atoms with Crippen molar-refractivity contribution in [3.63, 3.8) is 0 Å². The van der Waals surface area contributed by atoms with Crippen molar-refractivity contribution in [1.29, 1.82) is 0 Å². The van der Waals surface area contributed by atoms with E-state index in [0.717, 1.165) is 5.70 Å². The van der Waals surface area contributed by atoms with Crippen LogP contribution >= 0.6 is 0 Å². The first kappa shape index (κ1) is 22.7. The predicted molar refractivity (Wildman–Crippen MR) is 116 cm³/mol. The lowest BCUT2D eigenvalue weighted by atomic mass is 9.68. The van der Waals surface area contributed by atoms with Crippen molar-refractivity contribution in [3.8, 4) is 17.2 Å². The molecule has 1 aromatic carbocycles. The number of ketones is 1. The average Bonchev–Trinajstić information content (AvgIpc) is 2.70. The maximum atomic E-state index is 13.4. The third-order valence-electron chi connectivity index (χ3n) is 5.78. The molecule has 1 heterocycles. The Balaban J connectivity index is 2.30. The number of nitrogens with one attached hydrogen (secondary N) is 1. The van der Waals surface area contributed by atoms with Crippen LogP contribution in [0.25, 0.3) is 0 Å². The number of allylic oxidation sites excluding steroid dienone is 3. The summed E-state index contributed by atoms with van der Waals surface area (Å²) in [4.78, 5) is 26.4. The summed E-state index contributed by atoms with van der Waals surface area (Å²) in [6.45, 7) is 7.97. The fourth-order valence-electron chi connectivity index (χ4n) is 4.50. The molecule has 0 saturated carbocycles. The second kappa shape index (κ2) is 8.65. The van der Waals surface area contributed by atoms with Crippen LogP contribution < -0.4 is 19.5 Å². The molecule has 0 fully saturated rings. The van der Waals surface area contributed by atoms with Crippen LogP contribution in [0.4, 0.5) is 0 Å². The smallest absolute Gasteiger partial charge is 0.336 e. The summed E-state index contributed by atoms with van der Waals surface area (Å²) >= 11 is 0. The van der Waals surface area contributed by atoms with Gasteiger partial charge in [-0.05, 0) is 31.7 Å². The first-order valence-electron chi connectivity index (χ1n) is 10.4. The first-order chi connectivity index (χ1) is 14.7. The summed E-state index contributed by atoms with van der Waals surface area (Å²) < 4.78 is 21.9. The molecule has 0 saturated heterocycles. The van der Waals surface area contributed by atoms with E-state index in [-0.39, 0.29) is 17.8 Å². The monoisotopic (exact) mass is 429 g/mol. The van der Waals surface area contributed by atoms with Gasteiger partial charge in [0.05, 0.1) is 39.4 Å². The standard InChI is InChI=1S/C24H31NO6/c1-8-31-23(27)20-13(2)25-15-11-24(3,4)12-16(26)22(15)21(20)14-9-18(29-6)19(30-7)10-17(14)28-5/h9-10,21,25H,8,11-12H2,1-7H3/t21-/m1/s1. The first-order valence-corrected chi connectivity index (χ1v) is 10.4. The van der Waals surface area contributed by atoms with E-state index in [2.05, 4.69) is 19.2 Å². The molecule has 0 aromatic heterocycles. The molecule has 0 bridgehead atoms. The number of Topliss-reactive ketones (excluding diaryl/α,β-unsaturated/α-hetero) is 1. The third kappa shape index (κ3) is 4.13. The van der Waals surface area contributed by atoms with Gasteiger partial charge >= 0.3 is 5.97 Å². The fourth-order valence-corrected chi connectivity index (χ4v) is 4.50. The Hall–Kier alpha value is -2.96. The van der Waals surface area contributed by atoms with Crippen LogP contribution in [0.15, 0.2) is 34.7 Å². The number of esters is 1. The van der Waals surface area contributed by atoms with Gasteiger partial charge in [-0.15, -0.1) is 0 Å². The number of rotatable bonds is 6. The SMILES string of the molecule is CCOC(=O)C1=C(C)NC2=C(C(=O)CC(C)(C)C2)[C@@H]1c1cc(OC)c(OC)cc1OC. The highest BCUT2D eigenvalue weighted by atomic mass is 16.5. The van der Waals surface area contributed by atoms with Gasteiger partial charge in [0.1, 0.15) is 5.75 Å². The van der Waals surface area contributed by atoms with Crippen molar-refractivity contribution in [2.75, 3.05) is 27.9 Å². The number of ether oxygens (including phenoxy) is 4. The zero-order valence-corrected chi connectivity index (χ0v) is 19.3. The molecule has 1 aromatic rings. The molecule has 7 nitrogen and oxygen atoms in total. The highest BCUT2D eigenvalue weighted by Gasteiger charge is 2.44. The van der Waals surface area contributed by atoms with Crippen LogP contribution in [-0.2, 0) is 14.3 Å². The van der Waals surface area contributed by atoms with E-state index in [1.54, 1.807) is 40.4 Å². The van der Waals surface area contributed by atoms with E-state index in [0.29, 0.717) is 52.5 Å². The minimum Gasteiger partial charge on any atom is -0.496 e. The summed E-state index contributed by atoms with van der Waals surface area (Å²) in [7, 11) is 4.64. The van der Waals surface area contributed by atoms with Crippen LogP contribution in [0.5, 0.6) is 17.2 Å². The van der Waals surface area contributed by atoms with Gasteiger partial charge in [0.15, 0.2) is 17.3 Å². The van der Waals surface area contributed by atoms with Gasteiger partial charge in [-0.25, -0.2) is 4.79 Å². The Labute approximate surface area is 183 Å². The molecule has 1 N–H and O–H groups in total. The van der Waals surface area contributed by atoms with E-state index >= 15 is 0 Å².